The predicted octanol–water partition coefficient (Wildman–Crippen LogP) is 4.29. The van der Waals surface area contributed by atoms with E-state index in [2.05, 4.69) is 39.1 Å². The minimum absolute atomic E-state index is 0.330. The maximum Gasteiger partial charge on any atom is 0.137 e. The Balaban J connectivity index is 2.34. The van der Waals surface area contributed by atoms with Gasteiger partial charge in [-0.15, -0.1) is 0 Å². The molecule has 0 saturated heterocycles. The van der Waals surface area contributed by atoms with Crippen LogP contribution in [0.1, 0.15) is 39.3 Å². The van der Waals surface area contributed by atoms with Crippen molar-refractivity contribution in [3.63, 3.8) is 0 Å². The van der Waals surface area contributed by atoms with Gasteiger partial charge in [-0.2, -0.15) is 0 Å². The Morgan fingerprint density at radius 1 is 1.21 bits per heavy atom. The molecule has 0 amide bonds. The van der Waals surface area contributed by atoms with Crippen molar-refractivity contribution >= 4 is 11.6 Å². The summed E-state index contributed by atoms with van der Waals surface area (Å²) in [5.41, 5.74) is 1.92. The summed E-state index contributed by atoms with van der Waals surface area (Å²) in [6, 6.07) is 6.39. The van der Waals surface area contributed by atoms with Gasteiger partial charge in [-0.25, -0.2) is 0 Å². The number of benzene rings is 1. The van der Waals surface area contributed by atoms with Crippen molar-refractivity contribution in [2.24, 2.45) is 16.7 Å². The lowest BCUT2D eigenvalue weighted by Gasteiger charge is -2.20. The van der Waals surface area contributed by atoms with E-state index in [4.69, 9.17) is 16.3 Å². The number of methoxy groups -OCH3 is 1. The van der Waals surface area contributed by atoms with E-state index in [1.807, 2.05) is 19.2 Å². The number of ether oxygens (including phenoxy) is 1. The first-order valence-electron chi connectivity index (χ1n) is 6.78. The van der Waals surface area contributed by atoms with Crippen molar-refractivity contribution in [3.05, 3.63) is 28.8 Å². The van der Waals surface area contributed by atoms with Crippen LogP contribution in [0.15, 0.2) is 18.2 Å². The van der Waals surface area contributed by atoms with Crippen molar-refractivity contribution in [1.82, 2.24) is 5.32 Å². The van der Waals surface area contributed by atoms with Crippen LogP contribution in [0, 0.1) is 16.7 Å². The molecular weight excluding hydrogens is 258 g/mol. The minimum Gasteiger partial charge on any atom is -0.495 e. The van der Waals surface area contributed by atoms with Crippen LogP contribution in [-0.2, 0) is 0 Å². The Morgan fingerprint density at radius 2 is 1.79 bits per heavy atom. The quantitative estimate of drug-likeness (QED) is 0.889. The molecule has 1 aliphatic rings. The van der Waals surface area contributed by atoms with Gasteiger partial charge in [0.15, 0.2) is 0 Å². The molecule has 0 spiro atoms. The van der Waals surface area contributed by atoms with Gasteiger partial charge in [0.25, 0.3) is 0 Å². The summed E-state index contributed by atoms with van der Waals surface area (Å²) < 4.78 is 5.32. The highest BCUT2D eigenvalue weighted by Crippen LogP contribution is 2.72. The second-order valence-corrected chi connectivity index (χ2v) is 6.99. The SMILES string of the molecule is CNC(c1ccc(Cl)c(OC)c1)C1C(C)(C)C1(C)C. The summed E-state index contributed by atoms with van der Waals surface area (Å²) in [7, 11) is 3.68. The summed E-state index contributed by atoms with van der Waals surface area (Å²) in [5, 5.41) is 4.13. The van der Waals surface area contributed by atoms with E-state index in [0.29, 0.717) is 27.8 Å². The van der Waals surface area contributed by atoms with Crippen LogP contribution in [-0.4, -0.2) is 14.2 Å². The fourth-order valence-corrected chi connectivity index (χ4v) is 3.67. The van der Waals surface area contributed by atoms with Crippen LogP contribution in [0.4, 0.5) is 0 Å². The third-order valence-electron chi connectivity index (χ3n) is 5.31. The Bertz CT molecular complexity index is 468. The molecule has 1 saturated carbocycles. The summed E-state index contributed by atoms with van der Waals surface area (Å²) in [5.74, 6) is 1.35. The summed E-state index contributed by atoms with van der Waals surface area (Å²) >= 11 is 6.11. The molecule has 106 valence electrons. The van der Waals surface area contributed by atoms with E-state index in [9.17, 15) is 0 Å². The molecule has 1 aromatic rings. The number of hydrogen-bond donors (Lipinski definition) is 1. The van der Waals surface area contributed by atoms with Crippen LogP contribution in [0.3, 0.4) is 0 Å². The number of rotatable bonds is 4. The van der Waals surface area contributed by atoms with Crippen molar-refractivity contribution in [2.45, 2.75) is 33.7 Å². The third-order valence-corrected chi connectivity index (χ3v) is 5.62. The molecular formula is C16H24ClNO. The maximum atomic E-state index is 6.11. The van der Waals surface area contributed by atoms with Crippen molar-refractivity contribution in [1.29, 1.82) is 0 Å². The van der Waals surface area contributed by atoms with Crippen LogP contribution in [0.25, 0.3) is 0 Å². The fraction of sp³-hybridized carbons (Fsp3) is 0.625. The van der Waals surface area contributed by atoms with Crippen LogP contribution in [0.5, 0.6) is 5.75 Å². The molecule has 19 heavy (non-hydrogen) atoms. The highest BCUT2D eigenvalue weighted by atomic mass is 35.5. The zero-order chi connectivity index (χ0) is 14.4. The van der Waals surface area contributed by atoms with Crippen molar-refractivity contribution in [2.75, 3.05) is 14.2 Å². The van der Waals surface area contributed by atoms with E-state index in [1.54, 1.807) is 7.11 Å². The number of hydrogen-bond acceptors (Lipinski definition) is 2. The molecule has 1 N–H and O–H groups in total. The lowest BCUT2D eigenvalue weighted by Crippen LogP contribution is -2.21. The summed E-state index contributed by atoms with van der Waals surface area (Å²) in [6.07, 6.45) is 0. The fourth-order valence-electron chi connectivity index (χ4n) is 3.48. The largest absolute Gasteiger partial charge is 0.495 e. The Labute approximate surface area is 121 Å². The predicted molar refractivity (Wildman–Crippen MR) is 80.9 cm³/mol. The lowest BCUT2D eigenvalue weighted by molar-refractivity contribution is 0.408. The molecule has 1 unspecified atom stereocenters. The first-order valence-corrected chi connectivity index (χ1v) is 7.16. The lowest BCUT2D eigenvalue weighted by atomic mass is 9.96. The minimum atomic E-state index is 0.330. The van der Waals surface area contributed by atoms with Gasteiger partial charge in [0.1, 0.15) is 5.75 Å². The van der Waals surface area contributed by atoms with E-state index in [0.717, 1.165) is 5.75 Å². The topological polar surface area (TPSA) is 21.3 Å². The zero-order valence-electron chi connectivity index (χ0n) is 12.7. The Kier molecular flexibility index (Phi) is 3.61. The van der Waals surface area contributed by atoms with Gasteiger partial charge in [-0.05, 0) is 41.5 Å². The molecule has 0 aliphatic heterocycles. The number of halogens is 1. The standard InChI is InChI=1S/C16H24ClNO/c1-15(2)14(16(15,3)4)13(18-5)10-7-8-11(17)12(9-10)19-6/h7-9,13-14,18H,1-6H3. The second-order valence-electron chi connectivity index (χ2n) is 6.58. The summed E-state index contributed by atoms with van der Waals surface area (Å²) in [4.78, 5) is 0. The smallest absolute Gasteiger partial charge is 0.137 e. The first kappa shape index (κ1) is 14.7. The van der Waals surface area contributed by atoms with E-state index < -0.39 is 0 Å². The molecule has 0 heterocycles. The van der Waals surface area contributed by atoms with Gasteiger partial charge in [-0.1, -0.05) is 45.4 Å². The molecule has 3 heteroatoms. The third kappa shape index (κ3) is 2.15. The average Bonchev–Trinajstić information content (AvgIpc) is 2.75. The van der Waals surface area contributed by atoms with Gasteiger partial charge in [0.05, 0.1) is 12.1 Å². The van der Waals surface area contributed by atoms with Gasteiger partial charge in [-0.3, -0.25) is 0 Å². The first-order chi connectivity index (χ1) is 8.77. The molecule has 2 nitrogen and oxygen atoms in total. The van der Waals surface area contributed by atoms with Gasteiger partial charge < -0.3 is 10.1 Å². The molecule has 0 bridgehead atoms. The summed E-state index contributed by atoms with van der Waals surface area (Å²) in [6.45, 7) is 9.37. The maximum absolute atomic E-state index is 6.11. The van der Waals surface area contributed by atoms with E-state index >= 15 is 0 Å². The monoisotopic (exact) mass is 281 g/mol. The van der Waals surface area contributed by atoms with Gasteiger partial charge in [0, 0.05) is 6.04 Å². The van der Waals surface area contributed by atoms with Crippen LogP contribution >= 0.6 is 11.6 Å². The highest BCUT2D eigenvalue weighted by molar-refractivity contribution is 6.32. The van der Waals surface area contributed by atoms with E-state index in [1.165, 1.54) is 5.56 Å². The normalized spacial score (nSPS) is 22.1. The van der Waals surface area contributed by atoms with Crippen LogP contribution in [0.2, 0.25) is 5.02 Å². The molecule has 0 radical (unpaired) electrons. The van der Waals surface area contributed by atoms with Gasteiger partial charge in [0.2, 0.25) is 0 Å². The molecule has 1 atom stereocenters. The Hall–Kier alpha value is -0.730. The Morgan fingerprint density at radius 3 is 2.21 bits per heavy atom. The second kappa shape index (κ2) is 4.68. The van der Waals surface area contributed by atoms with Crippen molar-refractivity contribution < 1.29 is 4.74 Å². The highest BCUT2D eigenvalue weighted by Gasteiger charge is 2.67. The van der Waals surface area contributed by atoms with Gasteiger partial charge >= 0.3 is 0 Å². The van der Waals surface area contributed by atoms with Crippen molar-refractivity contribution in [3.8, 4) is 5.75 Å². The number of nitrogens with one attached hydrogen (secondary N) is 1. The molecule has 1 fully saturated rings. The molecule has 1 aromatic carbocycles. The molecule has 0 aromatic heterocycles. The van der Waals surface area contributed by atoms with E-state index in [-0.39, 0.29) is 0 Å². The molecule has 2 rings (SSSR count). The molecule has 1 aliphatic carbocycles. The van der Waals surface area contributed by atoms with Crippen LogP contribution < -0.4 is 10.1 Å². The zero-order valence-corrected chi connectivity index (χ0v) is 13.4. The average molecular weight is 282 g/mol.